The Labute approximate surface area is 89.8 Å². The number of nitrogens with one attached hydrogen (secondary N) is 1. The van der Waals surface area contributed by atoms with E-state index in [1.807, 2.05) is 0 Å². The molecule has 16 heavy (non-hydrogen) atoms. The summed E-state index contributed by atoms with van der Waals surface area (Å²) >= 11 is 0. The van der Waals surface area contributed by atoms with Crippen molar-refractivity contribution >= 4 is 11.8 Å². The Morgan fingerprint density at radius 2 is 1.94 bits per heavy atom. The third-order valence-electron chi connectivity index (χ3n) is 3.12. The maximum atomic E-state index is 12.6. The minimum Gasteiger partial charge on any atom is -0.292 e. The lowest BCUT2D eigenvalue weighted by molar-refractivity contribution is -0.168. The number of rotatable bonds is 2. The van der Waals surface area contributed by atoms with Gasteiger partial charge in [-0.2, -0.15) is 13.2 Å². The van der Waals surface area contributed by atoms with Crippen molar-refractivity contribution in [2.75, 3.05) is 7.05 Å². The molecule has 1 saturated heterocycles. The number of likely N-dealkylation sites (N-methyl/N-ethyl adjacent to an activating group) is 1. The van der Waals surface area contributed by atoms with Crippen molar-refractivity contribution in [1.82, 2.24) is 10.2 Å². The summed E-state index contributed by atoms with van der Waals surface area (Å²) in [5.74, 6) is -1.03. The molecule has 0 aromatic heterocycles. The quantitative estimate of drug-likeness (QED) is 0.707. The third kappa shape index (κ3) is 1.59. The van der Waals surface area contributed by atoms with Crippen molar-refractivity contribution in [3.05, 3.63) is 0 Å². The molecule has 2 fully saturated rings. The Kier molecular flexibility index (Phi) is 2.27. The largest absolute Gasteiger partial charge is 0.406 e. The minimum absolute atomic E-state index is 0.0296. The number of carbonyl (C=O) groups excluding carboxylic acids is 2. The summed E-state index contributed by atoms with van der Waals surface area (Å²) in [4.78, 5) is 23.4. The number of halogens is 3. The molecule has 2 aliphatic rings. The van der Waals surface area contributed by atoms with E-state index in [1.54, 1.807) is 0 Å². The fraction of sp³-hybridized carbons (Fsp3) is 0.778. The SMILES string of the molecule is CN1C(=O)CC(NC2(C(F)(F)F)CC2)C1=O. The second-order valence-corrected chi connectivity index (χ2v) is 4.27. The molecule has 1 atom stereocenters. The lowest BCUT2D eigenvalue weighted by Crippen LogP contribution is -2.52. The molecule has 1 heterocycles. The fourth-order valence-electron chi connectivity index (χ4n) is 1.84. The molecule has 7 heteroatoms. The lowest BCUT2D eigenvalue weighted by Gasteiger charge is -2.23. The second kappa shape index (κ2) is 3.19. The van der Waals surface area contributed by atoms with Crippen molar-refractivity contribution in [2.45, 2.75) is 37.0 Å². The van der Waals surface area contributed by atoms with Gasteiger partial charge in [0.1, 0.15) is 5.54 Å². The summed E-state index contributed by atoms with van der Waals surface area (Å²) in [6, 6.07) is -1.03. The van der Waals surface area contributed by atoms with E-state index in [0.717, 1.165) is 4.90 Å². The summed E-state index contributed by atoms with van der Waals surface area (Å²) in [6.07, 6.45) is -4.61. The Bertz CT molecular complexity index is 349. The number of likely N-dealkylation sites (tertiary alicyclic amines) is 1. The van der Waals surface area contributed by atoms with Gasteiger partial charge in [-0.3, -0.25) is 19.8 Å². The van der Waals surface area contributed by atoms with Gasteiger partial charge >= 0.3 is 6.18 Å². The van der Waals surface area contributed by atoms with Crippen LogP contribution < -0.4 is 5.32 Å². The number of hydrogen-bond acceptors (Lipinski definition) is 3. The van der Waals surface area contributed by atoms with E-state index in [2.05, 4.69) is 5.32 Å². The molecule has 0 spiro atoms. The average molecular weight is 236 g/mol. The molecule has 2 amide bonds. The van der Waals surface area contributed by atoms with Gasteiger partial charge in [0.2, 0.25) is 11.8 Å². The first-order valence-corrected chi connectivity index (χ1v) is 4.92. The molecule has 90 valence electrons. The van der Waals surface area contributed by atoms with Crippen LogP contribution in [0.15, 0.2) is 0 Å². The van der Waals surface area contributed by atoms with E-state index in [9.17, 15) is 22.8 Å². The average Bonchev–Trinajstić information content (AvgIpc) is 2.90. The number of amides is 2. The molecular formula is C9H11F3N2O2. The Morgan fingerprint density at radius 3 is 2.25 bits per heavy atom. The van der Waals surface area contributed by atoms with Gasteiger partial charge in [-0.15, -0.1) is 0 Å². The number of imide groups is 1. The van der Waals surface area contributed by atoms with E-state index in [4.69, 9.17) is 0 Å². The molecule has 1 aliphatic carbocycles. The summed E-state index contributed by atoms with van der Waals surface area (Å²) < 4.78 is 37.8. The number of nitrogens with zero attached hydrogens (tertiary/aromatic N) is 1. The molecular weight excluding hydrogens is 225 g/mol. The third-order valence-corrected chi connectivity index (χ3v) is 3.12. The minimum atomic E-state index is -4.36. The highest BCUT2D eigenvalue weighted by atomic mass is 19.4. The summed E-state index contributed by atoms with van der Waals surface area (Å²) in [6.45, 7) is 0. The summed E-state index contributed by atoms with van der Waals surface area (Å²) in [5, 5.41) is 2.28. The van der Waals surface area contributed by atoms with Gasteiger partial charge in [-0.05, 0) is 12.8 Å². The topological polar surface area (TPSA) is 49.4 Å². The summed E-state index contributed by atoms with van der Waals surface area (Å²) in [7, 11) is 1.28. The highest BCUT2D eigenvalue weighted by Gasteiger charge is 2.64. The summed E-state index contributed by atoms with van der Waals surface area (Å²) in [5.41, 5.74) is -1.95. The van der Waals surface area contributed by atoms with Crippen LogP contribution in [0.5, 0.6) is 0 Å². The van der Waals surface area contributed by atoms with Crippen LogP contribution in [0, 0.1) is 0 Å². The number of hydrogen-bond donors (Lipinski definition) is 1. The lowest BCUT2D eigenvalue weighted by atomic mass is 10.1. The van der Waals surface area contributed by atoms with Gasteiger partial charge in [-0.25, -0.2) is 0 Å². The van der Waals surface area contributed by atoms with Crippen LogP contribution in [-0.2, 0) is 9.59 Å². The predicted molar refractivity (Wildman–Crippen MR) is 47.3 cm³/mol. The van der Waals surface area contributed by atoms with Crippen molar-refractivity contribution < 1.29 is 22.8 Å². The molecule has 0 bridgehead atoms. The Balaban J connectivity index is 2.07. The van der Waals surface area contributed by atoms with Gasteiger partial charge in [-0.1, -0.05) is 0 Å². The van der Waals surface area contributed by atoms with Crippen molar-refractivity contribution in [3.8, 4) is 0 Å². The van der Waals surface area contributed by atoms with Crippen LogP contribution in [0.4, 0.5) is 13.2 Å². The molecule has 0 aromatic carbocycles. The van der Waals surface area contributed by atoms with E-state index < -0.39 is 29.6 Å². The van der Waals surface area contributed by atoms with Crippen LogP contribution in [0.2, 0.25) is 0 Å². The highest BCUT2D eigenvalue weighted by Crippen LogP contribution is 2.49. The maximum Gasteiger partial charge on any atom is 0.406 e. The molecule has 1 saturated carbocycles. The van der Waals surface area contributed by atoms with Crippen molar-refractivity contribution in [1.29, 1.82) is 0 Å². The molecule has 0 aromatic rings. The fourth-order valence-corrected chi connectivity index (χ4v) is 1.84. The molecule has 1 N–H and O–H groups in total. The Hall–Kier alpha value is -1.11. The molecule has 2 rings (SSSR count). The van der Waals surface area contributed by atoms with Gasteiger partial charge in [0.05, 0.1) is 12.5 Å². The van der Waals surface area contributed by atoms with E-state index >= 15 is 0 Å². The van der Waals surface area contributed by atoms with Gasteiger partial charge in [0, 0.05) is 7.05 Å². The van der Waals surface area contributed by atoms with E-state index in [-0.39, 0.29) is 19.3 Å². The molecule has 4 nitrogen and oxygen atoms in total. The number of carbonyl (C=O) groups is 2. The Morgan fingerprint density at radius 1 is 1.38 bits per heavy atom. The molecule has 1 aliphatic heterocycles. The first kappa shape index (κ1) is 11.4. The van der Waals surface area contributed by atoms with Crippen LogP contribution in [0.1, 0.15) is 19.3 Å². The predicted octanol–water partition coefficient (Wildman–Crippen LogP) is 0.428. The second-order valence-electron chi connectivity index (χ2n) is 4.27. The molecule has 1 unspecified atom stereocenters. The highest BCUT2D eigenvalue weighted by molar-refractivity contribution is 6.05. The zero-order valence-electron chi connectivity index (χ0n) is 8.60. The van der Waals surface area contributed by atoms with Gasteiger partial charge in [0.15, 0.2) is 0 Å². The van der Waals surface area contributed by atoms with E-state index in [1.165, 1.54) is 7.05 Å². The normalized spacial score (nSPS) is 28.8. The molecule has 0 radical (unpaired) electrons. The van der Waals surface area contributed by atoms with Gasteiger partial charge < -0.3 is 0 Å². The van der Waals surface area contributed by atoms with Crippen molar-refractivity contribution in [3.63, 3.8) is 0 Å². The zero-order chi connectivity index (χ0) is 12.1. The van der Waals surface area contributed by atoms with Crippen molar-refractivity contribution in [2.24, 2.45) is 0 Å². The van der Waals surface area contributed by atoms with Crippen LogP contribution >= 0.6 is 0 Å². The van der Waals surface area contributed by atoms with Gasteiger partial charge in [0.25, 0.3) is 0 Å². The number of alkyl halides is 3. The van der Waals surface area contributed by atoms with Crippen LogP contribution in [-0.4, -0.2) is 41.5 Å². The van der Waals surface area contributed by atoms with E-state index in [0.29, 0.717) is 0 Å². The zero-order valence-corrected chi connectivity index (χ0v) is 8.60. The maximum absolute atomic E-state index is 12.6. The first-order valence-electron chi connectivity index (χ1n) is 4.92. The van der Waals surface area contributed by atoms with Crippen LogP contribution in [0.3, 0.4) is 0 Å². The monoisotopic (exact) mass is 236 g/mol. The van der Waals surface area contributed by atoms with Crippen LogP contribution in [0.25, 0.3) is 0 Å². The first-order chi connectivity index (χ1) is 7.27. The standard InChI is InChI=1S/C9H11F3N2O2/c1-14-6(15)4-5(7(14)16)13-8(2-3-8)9(10,11)12/h5,13H,2-4H2,1H3. The smallest absolute Gasteiger partial charge is 0.292 e.